The van der Waals surface area contributed by atoms with E-state index in [1.54, 1.807) is 17.7 Å². The maximum atomic E-state index is 12.1. The lowest BCUT2D eigenvalue weighted by Crippen LogP contribution is -2.13. The number of rotatable bonds is 7. The predicted molar refractivity (Wildman–Crippen MR) is 121 cm³/mol. The van der Waals surface area contributed by atoms with Crippen LogP contribution in [0.15, 0.2) is 42.0 Å². The summed E-state index contributed by atoms with van der Waals surface area (Å²) in [5.74, 6) is 0.791. The molecule has 0 radical (unpaired) electrons. The summed E-state index contributed by atoms with van der Waals surface area (Å²) in [5.41, 5.74) is 3.25. The molecule has 0 bridgehead atoms. The average Bonchev–Trinajstić information content (AvgIpc) is 3.28. The number of hydrogen-bond acceptors (Lipinski definition) is 7. The van der Waals surface area contributed by atoms with Crippen molar-refractivity contribution in [1.29, 1.82) is 0 Å². The van der Waals surface area contributed by atoms with Crippen LogP contribution in [0.4, 0.5) is 10.9 Å². The van der Waals surface area contributed by atoms with Gasteiger partial charge in [0.15, 0.2) is 5.13 Å². The number of anilines is 2. The molecule has 1 aromatic carbocycles. The molecule has 0 aliphatic carbocycles. The summed E-state index contributed by atoms with van der Waals surface area (Å²) in [6, 6.07) is 10.3. The number of thiazole rings is 1. The molecule has 0 unspecified atom stereocenters. The van der Waals surface area contributed by atoms with Crippen LogP contribution in [-0.4, -0.2) is 27.4 Å². The molecule has 8 heteroatoms. The number of aryl methyl sites for hydroxylation is 2. The van der Waals surface area contributed by atoms with Crippen LogP contribution in [0, 0.1) is 13.8 Å². The van der Waals surface area contributed by atoms with E-state index in [9.17, 15) is 4.79 Å². The summed E-state index contributed by atoms with van der Waals surface area (Å²) in [7, 11) is 0. The molecule has 3 heterocycles. The SMILES string of the molecule is Cc1csc(NC(=O)CCCNc2ncnc3sc(C)c(-c4ccccc4)c23)n1. The van der Waals surface area contributed by atoms with E-state index in [4.69, 9.17) is 0 Å². The largest absolute Gasteiger partial charge is 0.369 e. The van der Waals surface area contributed by atoms with Crippen LogP contribution in [0.5, 0.6) is 0 Å². The second-order valence-electron chi connectivity index (χ2n) is 6.67. The fourth-order valence-corrected chi connectivity index (χ4v) is 4.90. The summed E-state index contributed by atoms with van der Waals surface area (Å²) in [5, 5.41) is 9.86. The van der Waals surface area contributed by atoms with Crippen molar-refractivity contribution in [2.75, 3.05) is 17.2 Å². The van der Waals surface area contributed by atoms with E-state index in [1.165, 1.54) is 21.8 Å². The van der Waals surface area contributed by atoms with Crippen LogP contribution in [0.25, 0.3) is 21.3 Å². The number of aromatic nitrogens is 3. The molecule has 3 aromatic heterocycles. The Balaban J connectivity index is 1.44. The molecule has 0 spiro atoms. The highest BCUT2D eigenvalue weighted by Gasteiger charge is 2.16. The fraction of sp³-hybridized carbons (Fsp3) is 0.238. The van der Waals surface area contributed by atoms with Gasteiger partial charge in [-0.2, -0.15) is 0 Å². The highest BCUT2D eigenvalue weighted by atomic mass is 32.1. The van der Waals surface area contributed by atoms with Crippen molar-refractivity contribution in [3.8, 4) is 11.1 Å². The molecule has 0 atom stereocenters. The van der Waals surface area contributed by atoms with Crippen molar-refractivity contribution in [2.45, 2.75) is 26.7 Å². The Hall–Kier alpha value is -2.84. The Morgan fingerprint density at radius 3 is 2.72 bits per heavy atom. The first-order valence-corrected chi connectivity index (χ1v) is 11.1. The molecule has 0 saturated carbocycles. The highest BCUT2D eigenvalue weighted by Crippen LogP contribution is 2.40. The van der Waals surface area contributed by atoms with Gasteiger partial charge in [0.1, 0.15) is 17.0 Å². The molecule has 2 N–H and O–H groups in total. The molecule has 4 aromatic rings. The lowest BCUT2D eigenvalue weighted by Gasteiger charge is -2.09. The van der Waals surface area contributed by atoms with Gasteiger partial charge in [-0.3, -0.25) is 4.79 Å². The minimum atomic E-state index is -0.0228. The van der Waals surface area contributed by atoms with Gasteiger partial charge in [-0.15, -0.1) is 22.7 Å². The minimum absolute atomic E-state index is 0.0228. The summed E-state index contributed by atoms with van der Waals surface area (Å²) < 4.78 is 0. The number of nitrogens with zero attached hydrogens (tertiary/aromatic N) is 3. The summed E-state index contributed by atoms with van der Waals surface area (Å²) in [4.78, 5) is 27.5. The molecule has 6 nitrogen and oxygen atoms in total. The van der Waals surface area contributed by atoms with Crippen LogP contribution in [0.3, 0.4) is 0 Å². The summed E-state index contributed by atoms with van der Waals surface area (Å²) in [6.07, 6.45) is 2.71. The maximum Gasteiger partial charge on any atom is 0.226 e. The zero-order valence-electron chi connectivity index (χ0n) is 16.2. The van der Waals surface area contributed by atoms with Crippen LogP contribution in [0.1, 0.15) is 23.4 Å². The monoisotopic (exact) mass is 423 g/mol. The number of carbonyl (C=O) groups excluding carboxylic acids is 1. The minimum Gasteiger partial charge on any atom is -0.369 e. The Labute approximate surface area is 177 Å². The standard InChI is InChI=1S/C21H21N5OS2/c1-13-11-28-21(25-13)26-16(27)9-6-10-22-19-18-17(15-7-4-3-5-8-15)14(2)29-20(18)24-12-23-19/h3-5,7-8,11-12H,6,9-10H2,1-2H3,(H,22,23,24)(H,25,26,27). The van der Waals surface area contributed by atoms with Gasteiger partial charge in [-0.1, -0.05) is 30.3 Å². The van der Waals surface area contributed by atoms with Gasteiger partial charge < -0.3 is 10.6 Å². The maximum absolute atomic E-state index is 12.1. The van der Waals surface area contributed by atoms with Gasteiger partial charge in [-0.25, -0.2) is 15.0 Å². The second-order valence-corrected chi connectivity index (χ2v) is 8.74. The zero-order chi connectivity index (χ0) is 20.2. The molecule has 148 valence electrons. The third-order valence-electron chi connectivity index (χ3n) is 4.47. The lowest BCUT2D eigenvalue weighted by molar-refractivity contribution is -0.116. The fourth-order valence-electron chi connectivity index (χ4n) is 3.18. The molecule has 0 aliphatic rings. The van der Waals surface area contributed by atoms with Gasteiger partial charge in [0, 0.05) is 28.8 Å². The molecule has 0 aliphatic heterocycles. The number of fused-ring (bicyclic) bond motifs is 1. The van der Waals surface area contributed by atoms with Crippen LogP contribution < -0.4 is 10.6 Å². The zero-order valence-corrected chi connectivity index (χ0v) is 17.9. The lowest BCUT2D eigenvalue weighted by atomic mass is 10.0. The van der Waals surface area contributed by atoms with E-state index >= 15 is 0 Å². The molecule has 29 heavy (non-hydrogen) atoms. The first-order valence-electron chi connectivity index (χ1n) is 9.37. The van der Waals surface area contributed by atoms with E-state index < -0.39 is 0 Å². The smallest absolute Gasteiger partial charge is 0.226 e. The molecule has 0 fully saturated rings. The van der Waals surface area contributed by atoms with Crippen LogP contribution >= 0.6 is 22.7 Å². The predicted octanol–water partition coefficient (Wildman–Crippen LogP) is 5.26. The van der Waals surface area contributed by atoms with Crippen molar-refractivity contribution in [3.05, 3.63) is 52.6 Å². The van der Waals surface area contributed by atoms with E-state index in [2.05, 4.69) is 44.6 Å². The first kappa shape index (κ1) is 19.5. The topological polar surface area (TPSA) is 79.8 Å². The average molecular weight is 424 g/mol. The van der Waals surface area contributed by atoms with E-state index in [0.29, 0.717) is 24.5 Å². The van der Waals surface area contributed by atoms with E-state index in [-0.39, 0.29) is 5.91 Å². The molecule has 0 saturated heterocycles. The first-order chi connectivity index (χ1) is 14.1. The van der Waals surface area contributed by atoms with Gasteiger partial charge in [0.05, 0.1) is 11.1 Å². The number of benzene rings is 1. The number of hydrogen-bond donors (Lipinski definition) is 2. The highest BCUT2D eigenvalue weighted by molar-refractivity contribution is 7.19. The normalized spacial score (nSPS) is 11.0. The van der Waals surface area contributed by atoms with Crippen molar-refractivity contribution >= 4 is 49.7 Å². The number of carbonyl (C=O) groups is 1. The molecular formula is C21H21N5OS2. The third kappa shape index (κ3) is 4.44. The summed E-state index contributed by atoms with van der Waals surface area (Å²) >= 11 is 3.12. The van der Waals surface area contributed by atoms with Gasteiger partial charge in [-0.05, 0) is 25.8 Å². The van der Waals surface area contributed by atoms with Crippen molar-refractivity contribution < 1.29 is 4.79 Å². The van der Waals surface area contributed by atoms with Gasteiger partial charge in [0.2, 0.25) is 5.91 Å². The molecule has 1 amide bonds. The quantitative estimate of drug-likeness (QED) is 0.396. The van der Waals surface area contributed by atoms with Crippen LogP contribution in [0.2, 0.25) is 0 Å². The number of nitrogens with one attached hydrogen (secondary N) is 2. The van der Waals surface area contributed by atoms with Crippen LogP contribution in [-0.2, 0) is 4.79 Å². The van der Waals surface area contributed by atoms with E-state index in [1.807, 2.05) is 30.5 Å². The Bertz CT molecular complexity index is 1140. The van der Waals surface area contributed by atoms with Crippen molar-refractivity contribution in [1.82, 2.24) is 15.0 Å². The second kappa shape index (κ2) is 8.67. The van der Waals surface area contributed by atoms with Gasteiger partial charge >= 0.3 is 0 Å². The van der Waals surface area contributed by atoms with Crippen molar-refractivity contribution in [2.24, 2.45) is 0 Å². The third-order valence-corrected chi connectivity index (χ3v) is 6.35. The molecular weight excluding hydrogens is 402 g/mol. The van der Waals surface area contributed by atoms with E-state index in [0.717, 1.165) is 27.3 Å². The number of amides is 1. The van der Waals surface area contributed by atoms with Gasteiger partial charge in [0.25, 0.3) is 0 Å². The number of thiophene rings is 1. The Kier molecular flexibility index (Phi) is 5.82. The van der Waals surface area contributed by atoms with Crippen molar-refractivity contribution in [3.63, 3.8) is 0 Å². The summed E-state index contributed by atoms with van der Waals surface area (Å²) in [6.45, 7) is 4.68. The molecule has 4 rings (SSSR count). The Morgan fingerprint density at radius 2 is 1.97 bits per heavy atom. The Morgan fingerprint density at radius 1 is 1.14 bits per heavy atom.